The number of hydrogen-bond donors (Lipinski definition) is 0. The van der Waals surface area contributed by atoms with Crippen molar-refractivity contribution >= 4 is 23.4 Å². The summed E-state index contributed by atoms with van der Waals surface area (Å²) < 4.78 is 20.5. The molecule has 0 heterocycles. The lowest BCUT2D eigenvalue weighted by atomic mass is 10.1. The van der Waals surface area contributed by atoms with Crippen molar-refractivity contribution in [3.63, 3.8) is 0 Å². The number of Topliss-reactive ketones (excluding diaryl/α,β-unsaturated/α-hetero) is 1. The number of carbonyl (C=O) groups excluding carboxylic acids is 2. The zero-order valence-electron chi connectivity index (χ0n) is 14.7. The molecule has 0 bridgehead atoms. The van der Waals surface area contributed by atoms with Crippen molar-refractivity contribution in [2.45, 2.75) is 6.42 Å². The van der Waals surface area contributed by atoms with E-state index in [0.29, 0.717) is 27.8 Å². The van der Waals surface area contributed by atoms with Crippen LogP contribution in [0.2, 0.25) is 5.02 Å². The number of benzene rings is 2. The topological polar surface area (TPSA) is 71.1 Å². The van der Waals surface area contributed by atoms with Crippen molar-refractivity contribution in [1.29, 1.82) is 0 Å². The van der Waals surface area contributed by atoms with Gasteiger partial charge < -0.3 is 18.9 Å². The second-order valence-electron chi connectivity index (χ2n) is 5.28. The van der Waals surface area contributed by atoms with Gasteiger partial charge in [-0.1, -0.05) is 11.6 Å². The molecule has 0 aliphatic rings. The average Bonchev–Trinajstić information content (AvgIpc) is 2.65. The molecule has 2 aromatic carbocycles. The minimum Gasteiger partial charge on any atom is -0.497 e. The molecule has 0 aliphatic carbocycles. The molecular formula is C19H19ClO6. The molecule has 0 saturated carbocycles. The minimum absolute atomic E-state index is 0.0632. The maximum Gasteiger partial charge on any atom is 0.310 e. The number of ether oxygens (including phenoxy) is 4. The van der Waals surface area contributed by atoms with Crippen LogP contribution in [0.5, 0.6) is 17.2 Å². The van der Waals surface area contributed by atoms with Crippen molar-refractivity contribution in [2.24, 2.45) is 0 Å². The monoisotopic (exact) mass is 378 g/mol. The second kappa shape index (κ2) is 9.10. The second-order valence-corrected chi connectivity index (χ2v) is 5.72. The van der Waals surface area contributed by atoms with Gasteiger partial charge in [0.25, 0.3) is 0 Å². The summed E-state index contributed by atoms with van der Waals surface area (Å²) in [6, 6.07) is 9.77. The zero-order valence-corrected chi connectivity index (χ0v) is 15.5. The largest absolute Gasteiger partial charge is 0.497 e. The Morgan fingerprint density at radius 1 is 0.923 bits per heavy atom. The zero-order chi connectivity index (χ0) is 19.1. The van der Waals surface area contributed by atoms with E-state index in [1.54, 1.807) is 30.3 Å². The van der Waals surface area contributed by atoms with Crippen LogP contribution >= 0.6 is 11.6 Å². The fourth-order valence-corrected chi connectivity index (χ4v) is 2.54. The van der Waals surface area contributed by atoms with Gasteiger partial charge in [0.1, 0.15) is 17.2 Å². The van der Waals surface area contributed by atoms with E-state index in [4.69, 9.17) is 30.5 Å². The Morgan fingerprint density at radius 3 is 2.27 bits per heavy atom. The summed E-state index contributed by atoms with van der Waals surface area (Å²) >= 11 is 5.94. The lowest BCUT2D eigenvalue weighted by Crippen LogP contribution is -2.16. The van der Waals surface area contributed by atoms with E-state index in [2.05, 4.69) is 0 Å². The predicted octanol–water partition coefficient (Wildman–Crippen LogP) is 3.33. The van der Waals surface area contributed by atoms with Gasteiger partial charge in [-0.05, 0) is 36.4 Å². The molecule has 0 spiro atoms. The number of hydrogen-bond acceptors (Lipinski definition) is 6. The lowest BCUT2D eigenvalue weighted by Gasteiger charge is -2.11. The van der Waals surface area contributed by atoms with E-state index in [1.807, 2.05) is 0 Å². The standard InChI is InChI=1S/C19H19ClO6/c1-23-14-5-7-18(25-3)15(10-14)16(21)11-26-19(22)9-12-8-13(20)4-6-17(12)24-2/h4-8,10H,9,11H2,1-3H3. The van der Waals surface area contributed by atoms with E-state index in [1.165, 1.54) is 27.4 Å². The van der Waals surface area contributed by atoms with Gasteiger partial charge in [-0.3, -0.25) is 9.59 Å². The van der Waals surface area contributed by atoms with Crippen molar-refractivity contribution in [3.8, 4) is 17.2 Å². The first kappa shape index (κ1) is 19.6. The summed E-state index contributed by atoms with van der Waals surface area (Å²) in [7, 11) is 4.45. The smallest absolute Gasteiger partial charge is 0.310 e. The van der Waals surface area contributed by atoms with E-state index >= 15 is 0 Å². The van der Waals surface area contributed by atoms with Crippen molar-refractivity contribution in [1.82, 2.24) is 0 Å². The molecule has 7 heteroatoms. The van der Waals surface area contributed by atoms with Crippen LogP contribution in [0.25, 0.3) is 0 Å². The van der Waals surface area contributed by atoms with E-state index in [0.717, 1.165) is 0 Å². The van der Waals surface area contributed by atoms with Gasteiger partial charge in [0.2, 0.25) is 5.78 Å². The maximum absolute atomic E-state index is 12.4. The van der Waals surface area contributed by atoms with Crippen molar-refractivity contribution < 1.29 is 28.5 Å². The number of esters is 1. The Morgan fingerprint density at radius 2 is 1.62 bits per heavy atom. The summed E-state index contributed by atoms with van der Waals surface area (Å²) in [5.74, 6) is 0.438. The first-order valence-corrected chi connectivity index (χ1v) is 8.09. The average molecular weight is 379 g/mol. The Bertz CT molecular complexity index is 803. The van der Waals surface area contributed by atoms with Gasteiger partial charge >= 0.3 is 5.97 Å². The number of carbonyl (C=O) groups is 2. The van der Waals surface area contributed by atoms with Gasteiger partial charge in [0.15, 0.2) is 6.61 Å². The Balaban J connectivity index is 2.03. The molecular weight excluding hydrogens is 360 g/mol. The minimum atomic E-state index is -0.569. The summed E-state index contributed by atoms with van der Waals surface area (Å²) in [6.45, 7) is -0.411. The molecule has 2 aromatic rings. The quantitative estimate of drug-likeness (QED) is 0.518. The molecule has 6 nitrogen and oxygen atoms in total. The third-order valence-electron chi connectivity index (χ3n) is 3.65. The van der Waals surface area contributed by atoms with Gasteiger partial charge in [-0.15, -0.1) is 0 Å². The number of halogens is 1. The fourth-order valence-electron chi connectivity index (χ4n) is 2.35. The van der Waals surface area contributed by atoms with Crippen molar-refractivity contribution in [3.05, 3.63) is 52.5 Å². The fraction of sp³-hybridized carbons (Fsp3) is 0.263. The highest BCUT2D eigenvalue weighted by Gasteiger charge is 2.17. The Kier molecular flexibility index (Phi) is 6.86. The summed E-state index contributed by atoms with van der Waals surface area (Å²) in [6.07, 6.45) is -0.0632. The van der Waals surface area contributed by atoms with Crippen LogP contribution in [-0.2, 0) is 16.0 Å². The third kappa shape index (κ3) is 4.89. The van der Waals surface area contributed by atoms with Crippen LogP contribution < -0.4 is 14.2 Å². The molecule has 26 heavy (non-hydrogen) atoms. The summed E-state index contributed by atoms with van der Waals surface area (Å²) in [4.78, 5) is 24.4. The van der Waals surface area contributed by atoms with Crippen LogP contribution in [0.4, 0.5) is 0 Å². The van der Waals surface area contributed by atoms with Crippen LogP contribution in [0.15, 0.2) is 36.4 Å². The van der Waals surface area contributed by atoms with Gasteiger partial charge in [-0.25, -0.2) is 0 Å². The van der Waals surface area contributed by atoms with Crippen molar-refractivity contribution in [2.75, 3.05) is 27.9 Å². The lowest BCUT2D eigenvalue weighted by molar-refractivity contribution is -0.141. The maximum atomic E-state index is 12.4. The predicted molar refractivity (Wildman–Crippen MR) is 96.5 cm³/mol. The molecule has 0 N–H and O–H groups in total. The van der Waals surface area contributed by atoms with E-state index in [-0.39, 0.29) is 12.0 Å². The van der Waals surface area contributed by atoms with Crippen LogP contribution in [0.1, 0.15) is 15.9 Å². The summed E-state index contributed by atoms with van der Waals surface area (Å²) in [5.41, 5.74) is 0.858. The van der Waals surface area contributed by atoms with E-state index < -0.39 is 18.4 Å². The van der Waals surface area contributed by atoms with Gasteiger partial charge in [0, 0.05) is 10.6 Å². The van der Waals surface area contributed by atoms with Crippen LogP contribution in [0.3, 0.4) is 0 Å². The first-order chi connectivity index (χ1) is 12.5. The third-order valence-corrected chi connectivity index (χ3v) is 3.88. The molecule has 0 saturated heterocycles. The normalized spacial score (nSPS) is 10.2. The highest BCUT2D eigenvalue weighted by Crippen LogP contribution is 2.25. The molecule has 0 radical (unpaired) electrons. The molecule has 0 aliphatic heterocycles. The number of ketones is 1. The molecule has 0 unspecified atom stereocenters. The molecule has 0 aromatic heterocycles. The first-order valence-electron chi connectivity index (χ1n) is 7.71. The number of methoxy groups -OCH3 is 3. The summed E-state index contributed by atoms with van der Waals surface area (Å²) in [5, 5.41) is 0.478. The van der Waals surface area contributed by atoms with Crippen LogP contribution in [-0.4, -0.2) is 39.7 Å². The molecule has 138 valence electrons. The van der Waals surface area contributed by atoms with Gasteiger partial charge in [0.05, 0.1) is 33.3 Å². The van der Waals surface area contributed by atoms with E-state index in [9.17, 15) is 9.59 Å². The molecule has 0 fully saturated rings. The highest BCUT2D eigenvalue weighted by molar-refractivity contribution is 6.30. The van der Waals surface area contributed by atoms with Gasteiger partial charge in [-0.2, -0.15) is 0 Å². The van der Waals surface area contributed by atoms with Crippen LogP contribution in [0, 0.1) is 0 Å². The Hall–Kier alpha value is -2.73. The molecule has 0 amide bonds. The molecule has 0 atom stereocenters. The highest BCUT2D eigenvalue weighted by atomic mass is 35.5. The number of rotatable bonds is 8. The Labute approximate surface area is 156 Å². The SMILES string of the molecule is COc1ccc(OC)c(C(=O)COC(=O)Cc2cc(Cl)ccc2OC)c1. The molecule has 2 rings (SSSR count).